The number of para-hydroxylation sites is 2. The van der Waals surface area contributed by atoms with E-state index in [2.05, 4.69) is 9.84 Å². The Kier molecular flexibility index (Phi) is 5.96. The molecule has 0 aliphatic heterocycles. The van der Waals surface area contributed by atoms with Gasteiger partial charge in [0.25, 0.3) is 5.69 Å². The summed E-state index contributed by atoms with van der Waals surface area (Å²) in [6.45, 7) is 0. The molecule has 32 heavy (non-hydrogen) atoms. The van der Waals surface area contributed by atoms with Crippen LogP contribution in [-0.2, 0) is 15.7 Å². The second kappa shape index (κ2) is 8.49. The highest BCUT2D eigenvalue weighted by atomic mass is 19.4. The Hall–Kier alpha value is -4.22. The lowest BCUT2D eigenvalue weighted by Gasteiger charge is -2.10. The standard InChI is InChI=1S/C20H14F3N3O6/c1-31-18(27)14-15(12-9-6-10-13(20(21,22)23)16(12)26(29)30)24-25(17(14)19(28)32-2)11-7-4-3-5-8-11/h3-10H,1-2H3. The van der Waals surface area contributed by atoms with Gasteiger partial charge in [-0.2, -0.15) is 18.3 Å². The molecule has 3 aromatic rings. The number of methoxy groups -OCH3 is 2. The molecular formula is C20H14F3N3O6. The van der Waals surface area contributed by atoms with Crippen molar-refractivity contribution >= 4 is 17.6 Å². The summed E-state index contributed by atoms with van der Waals surface area (Å²) in [5.74, 6) is -2.20. The van der Waals surface area contributed by atoms with Gasteiger partial charge in [0.05, 0.1) is 30.4 Å². The fraction of sp³-hybridized carbons (Fsp3) is 0.150. The third-order valence-electron chi connectivity index (χ3n) is 4.43. The smallest absolute Gasteiger partial charge is 0.423 e. The second-order valence-corrected chi connectivity index (χ2v) is 6.26. The zero-order valence-corrected chi connectivity index (χ0v) is 16.5. The zero-order chi connectivity index (χ0) is 23.6. The van der Waals surface area contributed by atoms with Gasteiger partial charge in [-0.3, -0.25) is 10.1 Å². The molecule has 9 nitrogen and oxygen atoms in total. The number of benzene rings is 2. The average molecular weight is 449 g/mol. The highest BCUT2D eigenvalue weighted by molar-refractivity contribution is 6.07. The van der Waals surface area contributed by atoms with E-state index in [4.69, 9.17) is 4.74 Å². The van der Waals surface area contributed by atoms with Crippen molar-refractivity contribution in [2.24, 2.45) is 0 Å². The molecule has 12 heteroatoms. The van der Waals surface area contributed by atoms with Gasteiger partial charge in [0.1, 0.15) is 16.8 Å². The second-order valence-electron chi connectivity index (χ2n) is 6.26. The van der Waals surface area contributed by atoms with Gasteiger partial charge in [-0.25, -0.2) is 14.3 Å². The van der Waals surface area contributed by atoms with E-state index in [0.717, 1.165) is 31.0 Å². The third-order valence-corrected chi connectivity index (χ3v) is 4.43. The minimum Gasteiger partial charge on any atom is -0.465 e. The van der Waals surface area contributed by atoms with Crippen molar-refractivity contribution in [1.29, 1.82) is 0 Å². The van der Waals surface area contributed by atoms with Gasteiger partial charge in [-0.15, -0.1) is 0 Å². The van der Waals surface area contributed by atoms with Gasteiger partial charge in [0.15, 0.2) is 5.69 Å². The molecule has 0 spiro atoms. The van der Waals surface area contributed by atoms with Crippen molar-refractivity contribution in [3.8, 4) is 16.9 Å². The number of hydrogen-bond acceptors (Lipinski definition) is 7. The van der Waals surface area contributed by atoms with E-state index >= 15 is 0 Å². The van der Waals surface area contributed by atoms with Crippen molar-refractivity contribution in [3.05, 3.63) is 75.5 Å². The molecule has 0 atom stereocenters. The maximum absolute atomic E-state index is 13.5. The Morgan fingerprint density at radius 3 is 2.16 bits per heavy atom. The van der Waals surface area contributed by atoms with E-state index in [-0.39, 0.29) is 5.69 Å². The minimum absolute atomic E-state index is 0.249. The number of nitro groups is 1. The third kappa shape index (κ3) is 3.89. The van der Waals surface area contributed by atoms with Crippen LogP contribution < -0.4 is 0 Å². The number of carbonyl (C=O) groups excluding carboxylic acids is 2. The molecule has 0 aliphatic carbocycles. The van der Waals surface area contributed by atoms with Crippen LogP contribution in [0.5, 0.6) is 0 Å². The summed E-state index contributed by atoms with van der Waals surface area (Å²) in [4.78, 5) is 35.5. The number of halogens is 3. The van der Waals surface area contributed by atoms with Crippen LogP contribution in [0.25, 0.3) is 16.9 Å². The van der Waals surface area contributed by atoms with E-state index in [1.54, 1.807) is 18.2 Å². The maximum Gasteiger partial charge on any atom is 0.423 e. The van der Waals surface area contributed by atoms with E-state index < -0.39 is 56.8 Å². The molecule has 0 unspecified atom stereocenters. The lowest BCUT2D eigenvalue weighted by molar-refractivity contribution is -0.387. The van der Waals surface area contributed by atoms with Crippen molar-refractivity contribution < 1.29 is 37.2 Å². The van der Waals surface area contributed by atoms with Gasteiger partial charge in [0, 0.05) is 0 Å². The number of ether oxygens (including phenoxy) is 2. The number of nitrogens with zero attached hydrogens (tertiary/aromatic N) is 3. The molecule has 1 heterocycles. The first-order chi connectivity index (χ1) is 15.1. The molecule has 3 rings (SSSR count). The Bertz CT molecular complexity index is 1210. The Balaban J connectivity index is 2.48. The van der Waals surface area contributed by atoms with Crippen LogP contribution in [0.4, 0.5) is 18.9 Å². The number of hydrogen-bond donors (Lipinski definition) is 0. The monoisotopic (exact) mass is 449 g/mol. The molecule has 0 amide bonds. The van der Waals surface area contributed by atoms with E-state index in [1.807, 2.05) is 0 Å². The first-order valence-corrected chi connectivity index (χ1v) is 8.81. The number of rotatable bonds is 5. The lowest BCUT2D eigenvalue weighted by atomic mass is 10.00. The van der Waals surface area contributed by atoms with Crippen LogP contribution in [0.1, 0.15) is 26.4 Å². The molecule has 0 fully saturated rings. The number of aromatic nitrogens is 2. The summed E-state index contributed by atoms with van der Waals surface area (Å²) in [6, 6.07) is 10.3. The van der Waals surface area contributed by atoms with Gasteiger partial charge in [-0.1, -0.05) is 24.3 Å². The molecule has 0 saturated heterocycles. The molecule has 166 valence electrons. The van der Waals surface area contributed by atoms with Crippen LogP contribution in [0.2, 0.25) is 0 Å². The minimum atomic E-state index is -5.06. The SMILES string of the molecule is COC(=O)c1c(-c2cccc(C(F)(F)F)c2[N+](=O)[O-])nn(-c2ccccc2)c1C(=O)OC. The van der Waals surface area contributed by atoms with Crippen molar-refractivity contribution in [2.75, 3.05) is 14.2 Å². The fourth-order valence-corrected chi connectivity index (χ4v) is 3.10. The summed E-state index contributed by atoms with van der Waals surface area (Å²) in [6.07, 6.45) is -5.06. The van der Waals surface area contributed by atoms with Gasteiger partial charge in [0.2, 0.25) is 0 Å². The van der Waals surface area contributed by atoms with E-state index in [0.29, 0.717) is 6.07 Å². The van der Waals surface area contributed by atoms with Crippen LogP contribution in [0.3, 0.4) is 0 Å². The number of nitro benzene ring substituents is 1. The molecular weight excluding hydrogens is 435 g/mol. The Morgan fingerprint density at radius 2 is 1.62 bits per heavy atom. The molecule has 0 N–H and O–H groups in total. The van der Waals surface area contributed by atoms with E-state index in [9.17, 15) is 32.9 Å². The maximum atomic E-state index is 13.5. The summed E-state index contributed by atoms with van der Waals surface area (Å²) < 4.78 is 50.8. The van der Waals surface area contributed by atoms with Crippen LogP contribution in [0.15, 0.2) is 48.5 Å². The summed E-state index contributed by atoms with van der Waals surface area (Å²) >= 11 is 0. The fourth-order valence-electron chi connectivity index (χ4n) is 3.10. The average Bonchev–Trinajstić information content (AvgIpc) is 3.18. The van der Waals surface area contributed by atoms with Crippen molar-refractivity contribution in [1.82, 2.24) is 9.78 Å². The Morgan fingerprint density at radius 1 is 1.00 bits per heavy atom. The van der Waals surface area contributed by atoms with Crippen LogP contribution in [-0.4, -0.2) is 40.9 Å². The number of esters is 2. The molecule has 0 bridgehead atoms. The molecule has 0 aliphatic rings. The topological polar surface area (TPSA) is 114 Å². The lowest BCUT2D eigenvalue weighted by Crippen LogP contribution is -2.15. The molecule has 0 saturated carbocycles. The first kappa shape index (κ1) is 22.5. The highest BCUT2D eigenvalue weighted by Crippen LogP contribution is 2.42. The van der Waals surface area contributed by atoms with Crippen LogP contribution in [0, 0.1) is 10.1 Å². The quantitative estimate of drug-likeness (QED) is 0.328. The van der Waals surface area contributed by atoms with Crippen molar-refractivity contribution in [3.63, 3.8) is 0 Å². The molecule has 0 radical (unpaired) electrons. The summed E-state index contributed by atoms with van der Waals surface area (Å²) in [5.41, 5.74) is -4.82. The molecule has 1 aromatic heterocycles. The zero-order valence-electron chi connectivity index (χ0n) is 16.5. The highest BCUT2D eigenvalue weighted by Gasteiger charge is 2.42. The summed E-state index contributed by atoms with van der Waals surface area (Å²) in [7, 11) is 2.01. The van der Waals surface area contributed by atoms with Gasteiger partial charge in [-0.05, 0) is 24.3 Å². The number of carbonyl (C=O) groups is 2. The van der Waals surface area contributed by atoms with Gasteiger partial charge < -0.3 is 9.47 Å². The predicted octanol–water partition coefficient (Wildman–Crippen LogP) is 4.04. The van der Waals surface area contributed by atoms with Crippen molar-refractivity contribution in [2.45, 2.75) is 6.18 Å². The van der Waals surface area contributed by atoms with E-state index in [1.165, 1.54) is 12.1 Å². The van der Waals surface area contributed by atoms with Gasteiger partial charge >= 0.3 is 18.1 Å². The molecule has 2 aromatic carbocycles. The first-order valence-electron chi connectivity index (χ1n) is 8.81. The number of alkyl halides is 3. The Labute approximate surface area is 178 Å². The predicted molar refractivity (Wildman–Crippen MR) is 103 cm³/mol. The summed E-state index contributed by atoms with van der Waals surface area (Å²) in [5, 5.41) is 15.7. The van der Waals surface area contributed by atoms with Crippen LogP contribution >= 0.6 is 0 Å². The largest absolute Gasteiger partial charge is 0.465 e. The normalized spacial score (nSPS) is 11.2.